The number of ether oxygens (including phenoxy) is 1. The van der Waals surface area contributed by atoms with Crippen LogP contribution in [0.4, 0.5) is 0 Å². The van der Waals surface area contributed by atoms with Gasteiger partial charge in [0.05, 0.1) is 13.0 Å². The summed E-state index contributed by atoms with van der Waals surface area (Å²) in [6.45, 7) is 3.66. The van der Waals surface area contributed by atoms with E-state index in [1.54, 1.807) is 12.0 Å². The molecule has 1 saturated heterocycles. The van der Waals surface area contributed by atoms with Gasteiger partial charge in [-0.2, -0.15) is 0 Å². The van der Waals surface area contributed by atoms with Crippen molar-refractivity contribution in [1.82, 2.24) is 10.2 Å². The molecule has 0 aromatic heterocycles. The zero-order valence-corrected chi connectivity index (χ0v) is 15.9. The topological polar surface area (TPSA) is 58.6 Å². The third-order valence-corrected chi connectivity index (χ3v) is 5.13. The molecule has 1 aliphatic heterocycles. The normalized spacial score (nSPS) is 16.4. The van der Waals surface area contributed by atoms with Crippen LogP contribution in [-0.2, 0) is 22.6 Å². The van der Waals surface area contributed by atoms with Gasteiger partial charge in [0.25, 0.3) is 0 Å². The number of aryl methyl sites for hydroxylation is 1. The highest BCUT2D eigenvalue weighted by molar-refractivity contribution is 5.89. The summed E-state index contributed by atoms with van der Waals surface area (Å²) in [7, 11) is 1.64. The summed E-state index contributed by atoms with van der Waals surface area (Å²) < 4.78 is 5.16. The van der Waals surface area contributed by atoms with E-state index in [2.05, 4.69) is 5.32 Å². The highest BCUT2D eigenvalue weighted by Gasteiger charge is 2.33. The standard InChI is InChI=1S/C22H26N2O3/c1-16-5-3-4-6-18(16)14-23-22(26)19-13-21(25)24(15-19)12-11-17-7-9-20(27-2)10-8-17/h3-10,19H,11-15H2,1-2H3,(H,23,26). The number of hydrogen-bond acceptors (Lipinski definition) is 3. The molecule has 5 heteroatoms. The lowest BCUT2D eigenvalue weighted by molar-refractivity contribution is -0.129. The minimum atomic E-state index is -0.266. The van der Waals surface area contributed by atoms with E-state index in [1.807, 2.05) is 55.5 Å². The van der Waals surface area contributed by atoms with E-state index in [0.717, 1.165) is 28.9 Å². The highest BCUT2D eigenvalue weighted by atomic mass is 16.5. The Morgan fingerprint density at radius 3 is 2.63 bits per heavy atom. The number of methoxy groups -OCH3 is 1. The van der Waals surface area contributed by atoms with Crippen molar-refractivity contribution in [3.05, 3.63) is 65.2 Å². The quantitative estimate of drug-likeness (QED) is 0.820. The molecule has 1 fully saturated rings. The Labute approximate surface area is 160 Å². The lowest BCUT2D eigenvalue weighted by Gasteiger charge is -2.17. The van der Waals surface area contributed by atoms with Gasteiger partial charge in [-0.1, -0.05) is 36.4 Å². The number of hydrogen-bond donors (Lipinski definition) is 1. The summed E-state index contributed by atoms with van der Waals surface area (Å²) in [6.07, 6.45) is 1.06. The minimum absolute atomic E-state index is 0.0430. The fourth-order valence-corrected chi connectivity index (χ4v) is 3.36. The average Bonchev–Trinajstić information content (AvgIpc) is 3.06. The summed E-state index contributed by atoms with van der Waals surface area (Å²) in [5.74, 6) is 0.567. The molecule has 5 nitrogen and oxygen atoms in total. The number of nitrogens with one attached hydrogen (secondary N) is 1. The van der Waals surface area contributed by atoms with Crippen LogP contribution in [0.5, 0.6) is 5.75 Å². The summed E-state index contributed by atoms with van der Waals surface area (Å²) in [4.78, 5) is 26.5. The van der Waals surface area contributed by atoms with E-state index < -0.39 is 0 Å². The van der Waals surface area contributed by atoms with Crippen LogP contribution in [0.1, 0.15) is 23.1 Å². The van der Waals surface area contributed by atoms with Gasteiger partial charge in [-0.3, -0.25) is 9.59 Å². The van der Waals surface area contributed by atoms with Crippen LogP contribution in [-0.4, -0.2) is 36.9 Å². The van der Waals surface area contributed by atoms with Gasteiger partial charge in [0.15, 0.2) is 0 Å². The molecular formula is C22H26N2O3. The Bertz CT molecular complexity index is 801. The second kappa shape index (κ2) is 8.71. The Kier molecular flexibility index (Phi) is 6.12. The molecule has 0 bridgehead atoms. The van der Waals surface area contributed by atoms with Crippen molar-refractivity contribution in [2.75, 3.05) is 20.2 Å². The number of benzene rings is 2. The van der Waals surface area contributed by atoms with Gasteiger partial charge < -0.3 is 15.0 Å². The van der Waals surface area contributed by atoms with Gasteiger partial charge in [-0.05, 0) is 42.2 Å². The number of carbonyl (C=O) groups excluding carboxylic acids is 2. The van der Waals surface area contributed by atoms with Gasteiger partial charge in [-0.15, -0.1) is 0 Å². The van der Waals surface area contributed by atoms with Gasteiger partial charge in [-0.25, -0.2) is 0 Å². The fourth-order valence-electron chi connectivity index (χ4n) is 3.36. The molecule has 1 atom stereocenters. The largest absolute Gasteiger partial charge is 0.497 e. The summed E-state index contributed by atoms with van der Waals surface area (Å²) in [6, 6.07) is 15.8. The van der Waals surface area contributed by atoms with Crippen molar-refractivity contribution in [2.24, 2.45) is 5.92 Å². The second-order valence-electron chi connectivity index (χ2n) is 6.98. The molecule has 2 amide bonds. The maximum Gasteiger partial charge on any atom is 0.225 e. The summed E-state index contributed by atoms with van der Waals surface area (Å²) in [5, 5.41) is 2.98. The maximum atomic E-state index is 12.5. The molecule has 3 rings (SSSR count). The fraction of sp³-hybridized carbons (Fsp3) is 0.364. The van der Waals surface area contributed by atoms with Crippen molar-refractivity contribution in [2.45, 2.75) is 26.3 Å². The number of carbonyl (C=O) groups is 2. The van der Waals surface area contributed by atoms with E-state index >= 15 is 0 Å². The molecule has 1 heterocycles. The third-order valence-electron chi connectivity index (χ3n) is 5.13. The predicted molar refractivity (Wildman–Crippen MR) is 104 cm³/mol. The van der Waals surface area contributed by atoms with Crippen LogP contribution in [0.2, 0.25) is 0 Å². The number of likely N-dealkylation sites (tertiary alicyclic amines) is 1. The average molecular weight is 366 g/mol. The Morgan fingerprint density at radius 2 is 1.93 bits per heavy atom. The van der Waals surface area contributed by atoms with Crippen LogP contribution in [0.15, 0.2) is 48.5 Å². The molecule has 0 saturated carbocycles. The van der Waals surface area contributed by atoms with Crippen LogP contribution in [0, 0.1) is 12.8 Å². The molecule has 27 heavy (non-hydrogen) atoms. The molecule has 1 aliphatic rings. The van der Waals surface area contributed by atoms with Gasteiger partial charge >= 0.3 is 0 Å². The molecule has 0 radical (unpaired) electrons. The van der Waals surface area contributed by atoms with Crippen LogP contribution in [0.25, 0.3) is 0 Å². The Balaban J connectivity index is 1.48. The minimum Gasteiger partial charge on any atom is -0.497 e. The molecular weight excluding hydrogens is 340 g/mol. The van der Waals surface area contributed by atoms with Crippen molar-refractivity contribution in [1.29, 1.82) is 0 Å². The smallest absolute Gasteiger partial charge is 0.225 e. The molecule has 1 N–H and O–H groups in total. The molecule has 0 spiro atoms. The summed E-state index contributed by atoms with van der Waals surface area (Å²) in [5.41, 5.74) is 3.41. The van der Waals surface area contributed by atoms with Gasteiger partial charge in [0.1, 0.15) is 5.75 Å². The number of amides is 2. The molecule has 2 aromatic rings. The lowest BCUT2D eigenvalue weighted by Crippen LogP contribution is -2.33. The molecule has 2 aromatic carbocycles. The van der Waals surface area contributed by atoms with Crippen LogP contribution >= 0.6 is 0 Å². The molecule has 142 valence electrons. The zero-order chi connectivity index (χ0) is 19.2. The number of rotatable bonds is 7. The van der Waals surface area contributed by atoms with E-state index in [-0.39, 0.29) is 17.7 Å². The van der Waals surface area contributed by atoms with Crippen molar-refractivity contribution in [3.63, 3.8) is 0 Å². The van der Waals surface area contributed by atoms with Crippen molar-refractivity contribution >= 4 is 11.8 Å². The third kappa shape index (κ3) is 4.88. The first-order chi connectivity index (χ1) is 13.1. The maximum absolute atomic E-state index is 12.5. The number of nitrogens with zero attached hydrogens (tertiary/aromatic N) is 1. The zero-order valence-electron chi connectivity index (χ0n) is 15.9. The first-order valence-corrected chi connectivity index (χ1v) is 9.29. The van der Waals surface area contributed by atoms with Crippen LogP contribution < -0.4 is 10.1 Å². The summed E-state index contributed by atoms with van der Waals surface area (Å²) >= 11 is 0. The monoisotopic (exact) mass is 366 g/mol. The van der Waals surface area contributed by atoms with E-state index in [1.165, 1.54) is 0 Å². The molecule has 0 aliphatic carbocycles. The van der Waals surface area contributed by atoms with E-state index in [4.69, 9.17) is 4.74 Å². The first-order valence-electron chi connectivity index (χ1n) is 9.29. The predicted octanol–water partition coefficient (Wildman–Crippen LogP) is 2.71. The van der Waals surface area contributed by atoms with Gasteiger partial charge in [0.2, 0.25) is 11.8 Å². The Morgan fingerprint density at radius 1 is 1.19 bits per heavy atom. The lowest BCUT2D eigenvalue weighted by atomic mass is 10.1. The Hall–Kier alpha value is -2.82. The van der Waals surface area contributed by atoms with Gasteiger partial charge in [0, 0.05) is 26.1 Å². The van der Waals surface area contributed by atoms with E-state index in [9.17, 15) is 9.59 Å². The SMILES string of the molecule is COc1ccc(CCN2CC(C(=O)NCc3ccccc3C)CC2=O)cc1. The van der Waals surface area contributed by atoms with Crippen LogP contribution in [0.3, 0.4) is 0 Å². The van der Waals surface area contributed by atoms with E-state index in [0.29, 0.717) is 26.1 Å². The van der Waals surface area contributed by atoms with Crippen molar-refractivity contribution < 1.29 is 14.3 Å². The second-order valence-corrected chi connectivity index (χ2v) is 6.98. The van der Waals surface area contributed by atoms with Crippen molar-refractivity contribution in [3.8, 4) is 5.75 Å². The molecule has 1 unspecified atom stereocenters. The highest BCUT2D eigenvalue weighted by Crippen LogP contribution is 2.19. The first kappa shape index (κ1) is 19.0.